The molecule has 0 aromatic heterocycles. The highest BCUT2D eigenvalue weighted by Gasteiger charge is 2.37. The van der Waals surface area contributed by atoms with E-state index in [1.807, 2.05) is 0 Å². The van der Waals surface area contributed by atoms with Gasteiger partial charge >= 0.3 is 0 Å². The van der Waals surface area contributed by atoms with Crippen molar-refractivity contribution in [2.45, 2.75) is 24.8 Å². The summed E-state index contributed by atoms with van der Waals surface area (Å²) in [4.78, 5) is 2.65. The Morgan fingerprint density at radius 2 is 1.36 bits per heavy atom. The molecule has 2 aliphatic carbocycles. The molecule has 2 unspecified atom stereocenters. The molecule has 0 amide bonds. The molecule has 25 heavy (non-hydrogen) atoms. The van der Waals surface area contributed by atoms with E-state index >= 15 is 0 Å². The van der Waals surface area contributed by atoms with E-state index in [0.29, 0.717) is 11.8 Å². The highest BCUT2D eigenvalue weighted by atomic mass is 15.1. The predicted octanol–water partition coefficient (Wildman–Crippen LogP) is 5.37. The smallest absolute Gasteiger partial charge is 0.0234 e. The van der Waals surface area contributed by atoms with Crippen molar-refractivity contribution in [2.24, 2.45) is 0 Å². The van der Waals surface area contributed by atoms with Crippen molar-refractivity contribution in [1.29, 1.82) is 0 Å². The Morgan fingerprint density at radius 1 is 0.760 bits per heavy atom. The molecule has 1 fully saturated rings. The lowest BCUT2D eigenvalue weighted by molar-refractivity contribution is 0.195. The summed E-state index contributed by atoms with van der Waals surface area (Å²) >= 11 is 0. The predicted molar refractivity (Wildman–Crippen MR) is 105 cm³/mol. The first kappa shape index (κ1) is 14.9. The van der Waals surface area contributed by atoms with Crippen LogP contribution in [0.5, 0.6) is 0 Å². The van der Waals surface area contributed by atoms with Crippen molar-refractivity contribution in [3.63, 3.8) is 0 Å². The van der Waals surface area contributed by atoms with Crippen molar-refractivity contribution in [1.82, 2.24) is 4.90 Å². The first-order valence-corrected chi connectivity index (χ1v) is 9.32. The second kappa shape index (κ2) is 6.16. The summed E-state index contributed by atoms with van der Waals surface area (Å²) in [6.45, 7) is 3.46. The van der Waals surface area contributed by atoms with Crippen LogP contribution in [0, 0.1) is 0 Å². The van der Waals surface area contributed by atoms with Gasteiger partial charge in [0.1, 0.15) is 0 Å². The fraction of sp³-hybridized carbons (Fsp3) is 0.250. The highest BCUT2D eigenvalue weighted by Crippen LogP contribution is 2.47. The van der Waals surface area contributed by atoms with Crippen LogP contribution in [-0.2, 0) is 6.54 Å². The van der Waals surface area contributed by atoms with Crippen LogP contribution in [0.1, 0.15) is 46.1 Å². The fourth-order valence-corrected chi connectivity index (χ4v) is 4.72. The number of fused-ring (bicyclic) bond motifs is 6. The number of likely N-dealkylation sites (tertiary alicyclic amines) is 1. The molecule has 0 radical (unpaired) electrons. The van der Waals surface area contributed by atoms with Crippen molar-refractivity contribution in [3.05, 3.63) is 94.6 Å². The maximum absolute atomic E-state index is 2.65. The van der Waals surface area contributed by atoms with Gasteiger partial charge in [0.05, 0.1) is 0 Å². The number of benzene rings is 2. The van der Waals surface area contributed by atoms with Gasteiger partial charge in [0, 0.05) is 19.6 Å². The van der Waals surface area contributed by atoms with Gasteiger partial charge < -0.3 is 0 Å². The summed E-state index contributed by atoms with van der Waals surface area (Å²) in [7, 11) is 0. The van der Waals surface area contributed by atoms with Crippen molar-refractivity contribution in [2.75, 3.05) is 13.1 Å². The maximum Gasteiger partial charge on any atom is 0.0234 e. The maximum atomic E-state index is 2.65. The number of hydrogen-bond donors (Lipinski definition) is 0. The molecule has 3 aliphatic rings. The summed E-state index contributed by atoms with van der Waals surface area (Å²) in [5.74, 6) is 1.39. The molecule has 124 valence electrons. The number of allylic oxidation sites excluding steroid dienone is 4. The van der Waals surface area contributed by atoms with E-state index in [9.17, 15) is 0 Å². The van der Waals surface area contributed by atoms with E-state index in [1.54, 1.807) is 11.1 Å². The Morgan fingerprint density at radius 3 is 1.96 bits per heavy atom. The molecule has 5 rings (SSSR count). The molecular formula is C24H23N. The van der Waals surface area contributed by atoms with E-state index in [4.69, 9.17) is 0 Å². The Balaban J connectivity index is 1.45. The molecule has 1 saturated heterocycles. The minimum Gasteiger partial charge on any atom is -0.298 e. The Hall–Kier alpha value is -2.38. The van der Waals surface area contributed by atoms with Crippen LogP contribution < -0.4 is 0 Å². The zero-order valence-electron chi connectivity index (χ0n) is 14.4. The lowest BCUT2D eigenvalue weighted by Crippen LogP contribution is -2.34. The van der Waals surface area contributed by atoms with Gasteiger partial charge in [-0.05, 0) is 46.1 Å². The van der Waals surface area contributed by atoms with Gasteiger partial charge in [-0.2, -0.15) is 0 Å². The van der Waals surface area contributed by atoms with Gasteiger partial charge in [0.2, 0.25) is 0 Å². The van der Waals surface area contributed by atoms with Gasteiger partial charge in [-0.3, -0.25) is 4.90 Å². The monoisotopic (exact) mass is 325 g/mol. The van der Waals surface area contributed by atoms with Crippen LogP contribution in [-0.4, -0.2) is 18.0 Å². The van der Waals surface area contributed by atoms with Crippen molar-refractivity contribution >= 4 is 12.2 Å². The molecule has 1 heterocycles. The van der Waals surface area contributed by atoms with E-state index in [1.165, 1.54) is 36.2 Å². The molecule has 1 heteroatoms. The molecule has 2 atom stereocenters. The van der Waals surface area contributed by atoms with Gasteiger partial charge in [-0.1, -0.05) is 78.9 Å². The normalized spacial score (nSPS) is 27.7. The summed E-state index contributed by atoms with van der Waals surface area (Å²) in [5, 5.41) is 0. The SMILES string of the molecule is C1=C\C=C/c2cc3c(cc2\C=C/1)C1CC3CN(Cc2ccccc2)C1. The van der Waals surface area contributed by atoms with E-state index in [0.717, 1.165) is 6.54 Å². The summed E-state index contributed by atoms with van der Waals surface area (Å²) in [6, 6.07) is 15.8. The van der Waals surface area contributed by atoms with Crippen LogP contribution in [0.25, 0.3) is 12.2 Å². The molecular weight excluding hydrogens is 302 g/mol. The zero-order chi connectivity index (χ0) is 16.6. The van der Waals surface area contributed by atoms with Crippen LogP contribution >= 0.6 is 0 Å². The first-order chi connectivity index (χ1) is 12.4. The molecule has 2 aromatic rings. The lowest BCUT2D eigenvalue weighted by atomic mass is 9.94. The number of nitrogens with zero attached hydrogens (tertiary/aromatic N) is 1. The minimum absolute atomic E-state index is 0.695. The Labute approximate surface area is 150 Å². The summed E-state index contributed by atoms with van der Waals surface area (Å²) in [5.41, 5.74) is 7.35. The Kier molecular flexibility index (Phi) is 3.68. The molecule has 1 aliphatic heterocycles. The van der Waals surface area contributed by atoms with Crippen LogP contribution in [0.15, 0.2) is 66.8 Å². The van der Waals surface area contributed by atoms with E-state index < -0.39 is 0 Å². The second-order valence-electron chi connectivity index (χ2n) is 7.52. The third-order valence-electron chi connectivity index (χ3n) is 5.83. The third kappa shape index (κ3) is 2.79. The van der Waals surface area contributed by atoms with E-state index in [2.05, 4.69) is 83.8 Å². The average Bonchev–Trinajstić information content (AvgIpc) is 2.86. The summed E-state index contributed by atoms with van der Waals surface area (Å²) < 4.78 is 0. The van der Waals surface area contributed by atoms with Crippen LogP contribution in [0.3, 0.4) is 0 Å². The quantitative estimate of drug-likeness (QED) is 0.717. The van der Waals surface area contributed by atoms with Gasteiger partial charge in [-0.25, -0.2) is 0 Å². The summed E-state index contributed by atoms with van der Waals surface area (Å²) in [6.07, 6.45) is 14.3. The number of piperidine rings is 1. The molecule has 2 aromatic carbocycles. The zero-order valence-corrected chi connectivity index (χ0v) is 14.4. The van der Waals surface area contributed by atoms with Gasteiger partial charge in [0.15, 0.2) is 0 Å². The molecule has 0 saturated carbocycles. The second-order valence-corrected chi connectivity index (χ2v) is 7.52. The minimum atomic E-state index is 0.695. The van der Waals surface area contributed by atoms with Crippen LogP contribution in [0.4, 0.5) is 0 Å². The highest BCUT2D eigenvalue weighted by molar-refractivity contribution is 5.70. The topological polar surface area (TPSA) is 3.24 Å². The van der Waals surface area contributed by atoms with E-state index in [-0.39, 0.29) is 0 Å². The standard InChI is InChI=1S/C24H23N/c1-2-7-11-20-14-24-22-12-21(23(24)13-19(20)10-6-1)16-25(17-22)15-18-8-4-3-5-9-18/h1-11,13-14,21-22H,12,15-17H2/b2-1-,6-1?,7-2?,10-6-,11-7-,19-10?,20-11?. The Bertz CT molecular complexity index is 821. The fourth-order valence-electron chi connectivity index (χ4n) is 4.72. The number of hydrogen-bond acceptors (Lipinski definition) is 1. The first-order valence-electron chi connectivity index (χ1n) is 9.32. The van der Waals surface area contributed by atoms with Gasteiger partial charge in [0.25, 0.3) is 0 Å². The van der Waals surface area contributed by atoms with Crippen molar-refractivity contribution < 1.29 is 0 Å². The molecule has 0 spiro atoms. The molecule has 2 bridgehead atoms. The van der Waals surface area contributed by atoms with Crippen LogP contribution in [0.2, 0.25) is 0 Å². The van der Waals surface area contributed by atoms with Crippen molar-refractivity contribution in [3.8, 4) is 0 Å². The molecule has 1 nitrogen and oxygen atoms in total. The average molecular weight is 325 g/mol. The number of rotatable bonds is 2. The van der Waals surface area contributed by atoms with Gasteiger partial charge in [-0.15, -0.1) is 0 Å². The largest absolute Gasteiger partial charge is 0.298 e. The lowest BCUT2D eigenvalue weighted by Gasteiger charge is -2.32. The third-order valence-corrected chi connectivity index (χ3v) is 5.83. The molecule has 0 N–H and O–H groups in total.